The van der Waals surface area contributed by atoms with Crippen LogP contribution in [0.5, 0.6) is 0 Å². The number of benzene rings is 1. The molecule has 1 aromatic carbocycles. The van der Waals surface area contributed by atoms with Crippen LogP contribution in [-0.2, 0) is 4.79 Å². The third kappa shape index (κ3) is 3.23. The first kappa shape index (κ1) is 12.5. The van der Waals surface area contributed by atoms with Gasteiger partial charge in [0.1, 0.15) is 0 Å². The lowest BCUT2D eigenvalue weighted by Gasteiger charge is -2.07. The number of nitrogens with one attached hydrogen (secondary N) is 1. The van der Waals surface area contributed by atoms with Crippen molar-refractivity contribution < 1.29 is 18.0 Å². The third-order valence-electron chi connectivity index (χ3n) is 1.77. The normalized spacial score (nSPS) is 12.3. The fourth-order valence-corrected chi connectivity index (χ4v) is 1.13. The van der Waals surface area contributed by atoms with Gasteiger partial charge in [-0.15, -0.1) is 0 Å². The van der Waals surface area contributed by atoms with Crippen molar-refractivity contribution in [1.29, 1.82) is 0 Å². The molecule has 1 aromatic rings. The molecule has 0 heterocycles. The van der Waals surface area contributed by atoms with Crippen molar-refractivity contribution in [3.05, 3.63) is 29.6 Å². The van der Waals surface area contributed by atoms with Crippen LogP contribution in [0.1, 0.15) is 13.3 Å². The van der Waals surface area contributed by atoms with Crippen LogP contribution in [0.2, 0.25) is 0 Å². The van der Waals surface area contributed by atoms with E-state index >= 15 is 0 Å². The molecule has 0 aromatic heterocycles. The van der Waals surface area contributed by atoms with Crippen LogP contribution in [0.15, 0.2) is 12.1 Å². The molecule has 0 fully saturated rings. The Morgan fingerprint density at radius 1 is 1.38 bits per heavy atom. The van der Waals surface area contributed by atoms with Gasteiger partial charge < -0.3 is 11.1 Å². The molecule has 1 rings (SSSR count). The Morgan fingerprint density at radius 3 is 2.31 bits per heavy atom. The first-order valence-electron chi connectivity index (χ1n) is 4.60. The topological polar surface area (TPSA) is 55.1 Å². The summed E-state index contributed by atoms with van der Waals surface area (Å²) in [4.78, 5) is 11.2. The predicted octanol–water partition coefficient (Wildman–Crippen LogP) is 1.78. The lowest BCUT2D eigenvalue weighted by Crippen LogP contribution is -2.24. The molecule has 6 heteroatoms. The lowest BCUT2D eigenvalue weighted by molar-refractivity contribution is -0.116. The minimum atomic E-state index is -1.56. The SMILES string of the molecule is CC(N)CC(=O)Nc1cc(F)c(F)c(F)c1. The number of hydrogen-bond acceptors (Lipinski definition) is 2. The summed E-state index contributed by atoms with van der Waals surface area (Å²) < 4.78 is 38.1. The molecule has 1 atom stereocenters. The highest BCUT2D eigenvalue weighted by molar-refractivity contribution is 5.91. The Labute approximate surface area is 90.4 Å². The first-order valence-corrected chi connectivity index (χ1v) is 4.60. The zero-order chi connectivity index (χ0) is 12.3. The van der Waals surface area contributed by atoms with E-state index in [1.165, 1.54) is 0 Å². The maximum Gasteiger partial charge on any atom is 0.225 e. The molecule has 0 bridgehead atoms. The zero-order valence-electron chi connectivity index (χ0n) is 8.56. The van der Waals surface area contributed by atoms with Gasteiger partial charge in [0.25, 0.3) is 0 Å². The molecule has 88 valence electrons. The largest absolute Gasteiger partial charge is 0.327 e. The second-order valence-corrected chi connectivity index (χ2v) is 3.48. The van der Waals surface area contributed by atoms with Crippen molar-refractivity contribution in [1.82, 2.24) is 0 Å². The molecule has 3 nitrogen and oxygen atoms in total. The van der Waals surface area contributed by atoms with Crippen LogP contribution in [0.3, 0.4) is 0 Å². The molecule has 16 heavy (non-hydrogen) atoms. The number of hydrogen-bond donors (Lipinski definition) is 2. The van der Waals surface area contributed by atoms with Crippen LogP contribution in [0.4, 0.5) is 18.9 Å². The van der Waals surface area contributed by atoms with Gasteiger partial charge in [-0.3, -0.25) is 4.79 Å². The Balaban J connectivity index is 2.79. The van der Waals surface area contributed by atoms with Crippen LogP contribution in [0, 0.1) is 17.5 Å². The van der Waals surface area contributed by atoms with Crippen molar-refractivity contribution in [2.75, 3.05) is 5.32 Å². The molecule has 0 aliphatic heterocycles. The highest BCUT2D eigenvalue weighted by atomic mass is 19.2. The van der Waals surface area contributed by atoms with Gasteiger partial charge in [0.05, 0.1) is 0 Å². The zero-order valence-corrected chi connectivity index (χ0v) is 8.56. The number of carbonyl (C=O) groups is 1. The maximum absolute atomic E-state index is 12.8. The minimum Gasteiger partial charge on any atom is -0.327 e. The van der Waals surface area contributed by atoms with Crippen molar-refractivity contribution in [3.63, 3.8) is 0 Å². The summed E-state index contributed by atoms with van der Waals surface area (Å²) in [6.07, 6.45) is 0.0145. The lowest BCUT2D eigenvalue weighted by atomic mass is 10.2. The molecule has 1 unspecified atom stereocenters. The summed E-state index contributed by atoms with van der Waals surface area (Å²) in [5.74, 6) is -4.75. The fourth-order valence-electron chi connectivity index (χ4n) is 1.13. The van der Waals surface area contributed by atoms with Gasteiger partial charge >= 0.3 is 0 Å². The van der Waals surface area contributed by atoms with Gasteiger partial charge in [-0.25, -0.2) is 13.2 Å². The number of rotatable bonds is 3. The van der Waals surface area contributed by atoms with E-state index in [1.807, 2.05) is 0 Å². The minimum absolute atomic E-state index is 0.0145. The third-order valence-corrected chi connectivity index (χ3v) is 1.77. The molecule has 0 aliphatic rings. The highest BCUT2D eigenvalue weighted by Gasteiger charge is 2.12. The highest BCUT2D eigenvalue weighted by Crippen LogP contribution is 2.17. The van der Waals surface area contributed by atoms with E-state index in [4.69, 9.17) is 5.73 Å². The van der Waals surface area contributed by atoms with Crippen LogP contribution in [-0.4, -0.2) is 11.9 Å². The standard InChI is InChI=1S/C10H11F3N2O/c1-5(14)2-9(16)15-6-3-7(11)10(13)8(12)4-6/h3-5H,2,14H2,1H3,(H,15,16). The van der Waals surface area contributed by atoms with Gasteiger partial charge in [-0.2, -0.15) is 0 Å². The molecule has 0 saturated heterocycles. The van der Waals surface area contributed by atoms with Crippen LogP contribution >= 0.6 is 0 Å². The van der Waals surface area contributed by atoms with E-state index in [-0.39, 0.29) is 18.2 Å². The average Bonchev–Trinajstić information content (AvgIpc) is 2.12. The number of anilines is 1. The van der Waals surface area contributed by atoms with Gasteiger partial charge in [-0.05, 0) is 6.92 Å². The van der Waals surface area contributed by atoms with E-state index in [1.54, 1.807) is 6.92 Å². The van der Waals surface area contributed by atoms with Gasteiger partial charge in [-0.1, -0.05) is 0 Å². The molecular formula is C10H11F3N2O. The number of nitrogens with two attached hydrogens (primary N) is 1. The van der Waals surface area contributed by atoms with E-state index in [2.05, 4.69) is 5.32 Å². The second kappa shape index (κ2) is 4.98. The Hall–Kier alpha value is -1.56. The quantitative estimate of drug-likeness (QED) is 0.780. The molecule has 1 amide bonds. The molecule has 0 aliphatic carbocycles. The van der Waals surface area contributed by atoms with Crippen molar-refractivity contribution in [2.45, 2.75) is 19.4 Å². The average molecular weight is 232 g/mol. The molecule has 0 spiro atoms. The van der Waals surface area contributed by atoms with Gasteiger partial charge in [0.2, 0.25) is 5.91 Å². The molecule has 0 saturated carbocycles. The maximum atomic E-state index is 12.8. The van der Waals surface area contributed by atoms with E-state index in [0.717, 1.165) is 0 Å². The summed E-state index contributed by atoms with van der Waals surface area (Å²) in [6.45, 7) is 1.62. The van der Waals surface area contributed by atoms with Crippen LogP contribution in [0.25, 0.3) is 0 Å². The number of halogens is 3. The van der Waals surface area contributed by atoms with Crippen molar-refractivity contribution in [3.8, 4) is 0 Å². The summed E-state index contributed by atoms with van der Waals surface area (Å²) in [6, 6.07) is 1.05. The van der Waals surface area contributed by atoms with Crippen LogP contribution < -0.4 is 11.1 Å². The van der Waals surface area contributed by atoms with Crippen molar-refractivity contribution in [2.24, 2.45) is 5.73 Å². The number of carbonyl (C=O) groups excluding carboxylic acids is 1. The van der Waals surface area contributed by atoms with E-state index in [9.17, 15) is 18.0 Å². The summed E-state index contributed by atoms with van der Waals surface area (Å²) in [5, 5.41) is 2.22. The summed E-state index contributed by atoms with van der Waals surface area (Å²) in [5.41, 5.74) is 5.22. The van der Waals surface area contributed by atoms with Gasteiger partial charge in [0, 0.05) is 30.3 Å². The number of amides is 1. The predicted molar refractivity (Wildman–Crippen MR) is 53.2 cm³/mol. The fraction of sp³-hybridized carbons (Fsp3) is 0.300. The van der Waals surface area contributed by atoms with E-state index < -0.39 is 23.4 Å². The molecular weight excluding hydrogens is 221 g/mol. The smallest absolute Gasteiger partial charge is 0.225 e. The first-order chi connectivity index (χ1) is 7.40. The molecule has 3 N–H and O–H groups in total. The Bertz CT molecular complexity index is 384. The Kier molecular flexibility index (Phi) is 3.89. The second-order valence-electron chi connectivity index (χ2n) is 3.48. The van der Waals surface area contributed by atoms with Gasteiger partial charge in [0.15, 0.2) is 17.5 Å². The van der Waals surface area contributed by atoms with E-state index in [0.29, 0.717) is 12.1 Å². The Morgan fingerprint density at radius 2 is 1.88 bits per heavy atom. The van der Waals surface area contributed by atoms with Crippen molar-refractivity contribution >= 4 is 11.6 Å². The summed E-state index contributed by atoms with van der Waals surface area (Å²) >= 11 is 0. The monoisotopic (exact) mass is 232 g/mol. The molecule has 0 radical (unpaired) electrons. The summed E-state index contributed by atoms with van der Waals surface area (Å²) in [7, 11) is 0.